The van der Waals surface area contributed by atoms with Gasteiger partial charge >= 0.3 is 0 Å². The summed E-state index contributed by atoms with van der Waals surface area (Å²) in [5.74, 6) is 2.04. The van der Waals surface area contributed by atoms with Gasteiger partial charge in [-0.25, -0.2) is 4.98 Å². The number of methoxy groups -OCH3 is 1. The van der Waals surface area contributed by atoms with Gasteiger partial charge in [0.2, 0.25) is 5.91 Å². The number of fused-ring (bicyclic) bond motifs is 1. The Morgan fingerprint density at radius 2 is 2.11 bits per heavy atom. The predicted molar refractivity (Wildman–Crippen MR) is 111 cm³/mol. The molecule has 0 atom stereocenters. The van der Waals surface area contributed by atoms with Crippen molar-refractivity contribution in [1.82, 2.24) is 15.3 Å². The molecule has 3 rings (SSSR count). The molecule has 0 saturated carbocycles. The second-order valence-electron chi connectivity index (χ2n) is 6.06. The molecule has 8 heteroatoms. The van der Waals surface area contributed by atoms with Gasteiger partial charge in [0, 0.05) is 17.0 Å². The molecule has 1 aromatic carbocycles. The lowest BCUT2D eigenvalue weighted by Gasteiger charge is -2.09. The molecule has 0 saturated heterocycles. The summed E-state index contributed by atoms with van der Waals surface area (Å²) in [6, 6.07) is 7.58. The molecular weight excluding hydrogens is 382 g/mol. The van der Waals surface area contributed by atoms with Crippen LogP contribution >= 0.6 is 23.1 Å². The normalized spacial score (nSPS) is 10.9. The van der Waals surface area contributed by atoms with Crippen LogP contribution in [0, 0.1) is 13.8 Å². The number of nitrogens with zero attached hydrogens (tertiary/aromatic N) is 1. The van der Waals surface area contributed by atoms with Crippen LogP contribution in [-0.4, -0.2) is 28.7 Å². The molecule has 3 aromatic rings. The molecule has 0 aliphatic heterocycles. The zero-order chi connectivity index (χ0) is 19.4. The van der Waals surface area contributed by atoms with Gasteiger partial charge in [-0.15, -0.1) is 23.1 Å². The Balaban J connectivity index is 1.54. The largest absolute Gasteiger partial charge is 0.496 e. The van der Waals surface area contributed by atoms with E-state index in [9.17, 15) is 9.59 Å². The molecule has 1 amide bonds. The smallest absolute Gasteiger partial charge is 0.259 e. The number of aromatic nitrogens is 2. The molecule has 0 bridgehead atoms. The summed E-state index contributed by atoms with van der Waals surface area (Å²) in [6.07, 6.45) is 0. The van der Waals surface area contributed by atoms with Crippen molar-refractivity contribution in [1.29, 1.82) is 0 Å². The molecule has 0 unspecified atom stereocenters. The lowest BCUT2D eigenvalue weighted by molar-refractivity contribution is -0.118. The molecular formula is C19H21N3O3S2. The highest BCUT2D eigenvalue weighted by Crippen LogP contribution is 2.26. The van der Waals surface area contributed by atoms with Gasteiger partial charge in [0.15, 0.2) is 0 Å². The van der Waals surface area contributed by atoms with Gasteiger partial charge in [-0.2, -0.15) is 0 Å². The Kier molecular flexibility index (Phi) is 6.18. The number of aryl methyl sites for hydroxylation is 2. The Hall–Kier alpha value is -2.32. The fourth-order valence-electron chi connectivity index (χ4n) is 2.70. The summed E-state index contributed by atoms with van der Waals surface area (Å²) in [7, 11) is 1.61. The van der Waals surface area contributed by atoms with Crippen LogP contribution in [0.25, 0.3) is 10.2 Å². The van der Waals surface area contributed by atoms with Gasteiger partial charge in [-0.1, -0.05) is 18.2 Å². The van der Waals surface area contributed by atoms with Gasteiger partial charge in [-0.3, -0.25) is 9.59 Å². The highest BCUT2D eigenvalue weighted by Gasteiger charge is 2.12. The first-order valence-corrected chi connectivity index (χ1v) is 10.4. The Morgan fingerprint density at radius 3 is 2.89 bits per heavy atom. The van der Waals surface area contributed by atoms with Crippen LogP contribution < -0.4 is 15.6 Å². The van der Waals surface area contributed by atoms with Crippen LogP contribution in [0.4, 0.5) is 0 Å². The highest BCUT2D eigenvalue weighted by atomic mass is 32.2. The second kappa shape index (κ2) is 8.58. The minimum atomic E-state index is -0.113. The van der Waals surface area contributed by atoms with Crippen molar-refractivity contribution >= 4 is 39.2 Å². The number of thioether (sulfide) groups is 1. The number of hydrogen-bond acceptors (Lipinski definition) is 6. The monoisotopic (exact) mass is 403 g/mol. The van der Waals surface area contributed by atoms with E-state index < -0.39 is 0 Å². The summed E-state index contributed by atoms with van der Waals surface area (Å²) >= 11 is 2.94. The van der Waals surface area contributed by atoms with Crippen molar-refractivity contribution < 1.29 is 9.53 Å². The van der Waals surface area contributed by atoms with E-state index in [0.29, 0.717) is 29.3 Å². The number of carbonyl (C=O) groups is 1. The Labute approximate surface area is 165 Å². The van der Waals surface area contributed by atoms with E-state index in [2.05, 4.69) is 15.3 Å². The van der Waals surface area contributed by atoms with Crippen LogP contribution in [0.15, 0.2) is 29.1 Å². The quantitative estimate of drug-likeness (QED) is 0.633. The molecule has 2 heterocycles. The first kappa shape index (κ1) is 19.4. The zero-order valence-corrected chi connectivity index (χ0v) is 17.1. The average Bonchev–Trinajstić information content (AvgIpc) is 2.94. The van der Waals surface area contributed by atoms with Crippen molar-refractivity contribution in [3.63, 3.8) is 0 Å². The number of hydrogen-bond donors (Lipinski definition) is 2. The van der Waals surface area contributed by atoms with Crippen LogP contribution in [0.5, 0.6) is 5.75 Å². The number of para-hydroxylation sites is 1. The maximum atomic E-state index is 12.3. The fourth-order valence-corrected chi connectivity index (χ4v) is 4.47. The van der Waals surface area contributed by atoms with Crippen molar-refractivity contribution in [3.8, 4) is 5.75 Å². The number of amides is 1. The molecule has 27 heavy (non-hydrogen) atoms. The lowest BCUT2D eigenvalue weighted by atomic mass is 10.2. The van der Waals surface area contributed by atoms with Crippen molar-refractivity contribution in [2.45, 2.75) is 26.1 Å². The third-order valence-electron chi connectivity index (χ3n) is 4.23. The first-order chi connectivity index (χ1) is 13.0. The number of carbonyl (C=O) groups excluding carboxylic acids is 1. The topological polar surface area (TPSA) is 84.1 Å². The number of ether oxygens (including phenoxy) is 1. The maximum Gasteiger partial charge on any atom is 0.259 e. The second-order valence-corrected chi connectivity index (χ2v) is 8.25. The van der Waals surface area contributed by atoms with Crippen LogP contribution in [0.1, 0.15) is 21.8 Å². The number of thiophene rings is 1. The lowest BCUT2D eigenvalue weighted by Crippen LogP contribution is -2.25. The number of aromatic amines is 1. The minimum Gasteiger partial charge on any atom is -0.496 e. The third-order valence-corrected chi connectivity index (χ3v) is 6.27. The summed E-state index contributed by atoms with van der Waals surface area (Å²) in [5.41, 5.74) is 1.80. The molecule has 0 aliphatic rings. The molecule has 6 nitrogen and oxygen atoms in total. The van der Waals surface area contributed by atoms with Gasteiger partial charge in [-0.05, 0) is 25.5 Å². The summed E-state index contributed by atoms with van der Waals surface area (Å²) in [6.45, 7) is 4.34. The van der Waals surface area contributed by atoms with Gasteiger partial charge < -0.3 is 15.0 Å². The number of H-pyrrole nitrogens is 1. The molecule has 0 spiro atoms. The maximum absolute atomic E-state index is 12.3. The average molecular weight is 404 g/mol. The van der Waals surface area contributed by atoms with Crippen molar-refractivity contribution in [3.05, 3.63) is 56.4 Å². The molecule has 0 radical (unpaired) electrons. The van der Waals surface area contributed by atoms with Crippen molar-refractivity contribution in [2.75, 3.05) is 12.9 Å². The van der Waals surface area contributed by atoms with Crippen LogP contribution in [-0.2, 0) is 17.1 Å². The minimum absolute atomic E-state index is 0.0721. The van der Waals surface area contributed by atoms with E-state index in [1.165, 1.54) is 23.1 Å². The zero-order valence-electron chi connectivity index (χ0n) is 15.4. The Morgan fingerprint density at radius 1 is 1.33 bits per heavy atom. The van der Waals surface area contributed by atoms with E-state index in [-0.39, 0.29) is 11.5 Å². The molecule has 0 aliphatic carbocycles. The van der Waals surface area contributed by atoms with E-state index in [1.807, 2.05) is 38.1 Å². The van der Waals surface area contributed by atoms with Gasteiger partial charge in [0.25, 0.3) is 5.56 Å². The molecule has 142 valence electrons. The number of rotatable bonds is 7. The summed E-state index contributed by atoms with van der Waals surface area (Å²) < 4.78 is 5.28. The summed E-state index contributed by atoms with van der Waals surface area (Å²) in [5, 5.41) is 3.55. The molecule has 2 aromatic heterocycles. The fraction of sp³-hybridized carbons (Fsp3) is 0.316. The van der Waals surface area contributed by atoms with Gasteiger partial charge in [0.05, 0.1) is 24.0 Å². The third kappa shape index (κ3) is 4.51. The SMILES string of the molecule is COc1ccccc1CNC(=O)CSCc1nc2sc(C)c(C)c2c(=O)[nH]1. The van der Waals surface area contributed by atoms with E-state index >= 15 is 0 Å². The van der Waals surface area contributed by atoms with Crippen molar-refractivity contribution in [2.24, 2.45) is 0 Å². The summed E-state index contributed by atoms with van der Waals surface area (Å²) in [4.78, 5) is 33.5. The molecule has 0 fully saturated rings. The highest BCUT2D eigenvalue weighted by molar-refractivity contribution is 7.99. The van der Waals surface area contributed by atoms with Gasteiger partial charge in [0.1, 0.15) is 16.4 Å². The standard InChI is InChI=1S/C19H21N3O3S2/c1-11-12(2)27-19-17(11)18(24)21-15(22-19)9-26-10-16(23)20-8-13-6-4-5-7-14(13)25-3/h4-7H,8-10H2,1-3H3,(H,20,23)(H,21,22,24). The Bertz CT molecular complexity index is 1030. The van der Waals surface area contributed by atoms with Crippen LogP contribution in [0.2, 0.25) is 0 Å². The first-order valence-electron chi connectivity index (χ1n) is 8.44. The predicted octanol–water partition coefficient (Wildman–Crippen LogP) is 3.16. The van der Waals surface area contributed by atoms with E-state index in [1.54, 1.807) is 7.11 Å². The number of benzene rings is 1. The van der Waals surface area contributed by atoms with E-state index in [4.69, 9.17) is 4.74 Å². The molecule has 2 N–H and O–H groups in total. The number of nitrogens with one attached hydrogen (secondary N) is 2. The van der Waals surface area contributed by atoms with Crippen LogP contribution in [0.3, 0.4) is 0 Å². The van der Waals surface area contributed by atoms with E-state index in [0.717, 1.165) is 26.6 Å².